The van der Waals surface area contributed by atoms with Crippen LogP contribution in [0.1, 0.15) is 19.4 Å². The normalized spacial score (nSPS) is 15.8. The van der Waals surface area contributed by atoms with Crippen LogP contribution in [-0.4, -0.2) is 12.1 Å². The van der Waals surface area contributed by atoms with Crippen LogP contribution in [0.4, 0.5) is 11.4 Å². The maximum Gasteiger partial charge on any atom is 0.143 e. The number of benzene rings is 3. The molecule has 3 aromatic carbocycles. The number of rotatable bonds is 2. The van der Waals surface area contributed by atoms with Gasteiger partial charge in [-0.15, -0.1) is 0 Å². The Bertz CT molecular complexity index is 896. The minimum atomic E-state index is -0.228. The van der Waals surface area contributed by atoms with E-state index in [2.05, 4.69) is 61.2 Å². The van der Waals surface area contributed by atoms with Crippen molar-refractivity contribution in [1.29, 1.82) is 0 Å². The molecule has 0 aliphatic carbocycles. The van der Waals surface area contributed by atoms with Crippen molar-refractivity contribution in [1.82, 2.24) is 0 Å². The van der Waals surface area contributed by atoms with Crippen LogP contribution in [0.2, 0.25) is 0 Å². The van der Waals surface area contributed by atoms with E-state index in [1.165, 1.54) is 16.3 Å². The van der Waals surface area contributed by atoms with Gasteiger partial charge in [-0.3, -0.25) is 0 Å². The molecule has 0 fully saturated rings. The second-order valence-electron chi connectivity index (χ2n) is 7.08. The topological polar surface area (TPSA) is 38.5 Å². The average molecular weight is 318 g/mol. The molecule has 1 heterocycles. The molecular weight excluding hydrogens is 296 g/mol. The van der Waals surface area contributed by atoms with E-state index in [-0.39, 0.29) is 5.60 Å². The summed E-state index contributed by atoms with van der Waals surface area (Å²) < 4.78 is 6.13. The van der Waals surface area contributed by atoms with Crippen LogP contribution in [-0.2, 0) is 6.54 Å². The maximum absolute atomic E-state index is 6.13. The van der Waals surface area contributed by atoms with Crippen molar-refractivity contribution in [2.45, 2.75) is 26.0 Å². The molecule has 0 saturated carbocycles. The van der Waals surface area contributed by atoms with Gasteiger partial charge in [0, 0.05) is 12.2 Å². The molecule has 4 rings (SSSR count). The van der Waals surface area contributed by atoms with Gasteiger partial charge in [0.15, 0.2) is 0 Å². The van der Waals surface area contributed by atoms with E-state index in [1.807, 2.05) is 18.2 Å². The molecule has 0 saturated heterocycles. The zero-order valence-corrected chi connectivity index (χ0v) is 14.1. The van der Waals surface area contributed by atoms with Crippen molar-refractivity contribution in [3.05, 3.63) is 66.2 Å². The number of ether oxygens (including phenoxy) is 1. The van der Waals surface area contributed by atoms with Crippen LogP contribution in [0.3, 0.4) is 0 Å². The second kappa shape index (κ2) is 5.45. The summed E-state index contributed by atoms with van der Waals surface area (Å²) in [5, 5.41) is 2.57. The Balaban J connectivity index is 1.77. The molecule has 3 heteroatoms. The summed E-state index contributed by atoms with van der Waals surface area (Å²) >= 11 is 0. The fourth-order valence-electron chi connectivity index (χ4n) is 3.52. The summed E-state index contributed by atoms with van der Waals surface area (Å²) in [6, 6.07) is 20.9. The molecule has 3 aromatic rings. The Morgan fingerprint density at radius 3 is 2.71 bits per heavy atom. The number of hydrogen-bond acceptors (Lipinski definition) is 3. The molecule has 0 aromatic heterocycles. The molecule has 0 bridgehead atoms. The maximum atomic E-state index is 6.13. The number of nitrogens with zero attached hydrogens (tertiary/aromatic N) is 1. The van der Waals surface area contributed by atoms with Crippen LogP contribution in [0, 0.1) is 0 Å². The summed E-state index contributed by atoms with van der Waals surface area (Å²) in [6.07, 6.45) is 0. The summed E-state index contributed by atoms with van der Waals surface area (Å²) in [5.74, 6) is 0.903. The predicted octanol–water partition coefficient (Wildman–Crippen LogP) is 4.60. The minimum Gasteiger partial charge on any atom is -0.484 e. The third-order valence-corrected chi connectivity index (χ3v) is 4.52. The summed E-state index contributed by atoms with van der Waals surface area (Å²) in [4.78, 5) is 2.37. The molecule has 0 atom stereocenters. The zero-order chi connectivity index (χ0) is 16.7. The van der Waals surface area contributed by atoms with Crippen molar-refractivity contribution in [2.75, 3.05) is 17.2 Å². The molecule has 0 amide bonds. The van der Waals surface area contributed by atoms with Gasteiger partial charge in [0.2, 0.25) is 0 Å². The average Bonchev–Trinajstić information content (AvgIpc) is 2.55. The summed E-state index contributed by atoms with van der Waals surface area (Å²) in [7, 11) is 0. The largest absolute Gasteiger partial charge is 0.484 e. The highest BCUT2D eigenvalue weighted by Crippen LogP contribution is 2.39. The fraction of sp³-hybridized carbons (Fsp3) is 0.238. The van der Waals surface area contributed by atoms with E-state index in [1.54, 1.807) is 0 Å². The first-order valence-electron chi connectivity index (χ1n) is 8.32. The van der Waals surface area contributed by atoms with E-state index in [9.17, 15) is 0 Å². The lowest BCUT2D eigenvalue weighted by atomic mass is 10.0. The molecule has 24 heavy (non-hydrogen) atoms. The lowest BCUT2D eigenvalue weighted by molar-refractivity contribution is 0.104. The van der Waals surface area contributed by atoms with Gasteiger partial charge in [-0.2, -0.15) is 0 Å². The van der Waals surface area contributed by atoms with E-state index in [0.717, 1.165) is 30.2 Å². The zero-order valence-electron chi connectivity index (χ0n) is 14.1. The fourth-order valence-corrected chi connectivity index (χ4v) is 3.52. The Labute approximate surface area is 142 Å². The Morgan fingerprint density at radius 1 is 1.04 bits per heavy atom. The van der Waals surface area contributed by atoms with Gasteiger partial charge in [0.25, 0.3) is 0 Å². The monoisotopic (exact) mass is 318 g/mol. The highest BCUT2D eigenvalue weighted by atomic mass is 16.5. The number of nitrogens with two attached hydrogens (primary N) is 1. The molecule has 0 spiro atoms. The van der Waals surface area contributed by atoms with E-state index >= 15 is 0 Å². The second-order valence-corrected chi connectivity index (χ2v) is 7.08. The third kappa shape index (κ3) is 2.67. The molecule has 0 unspecified atom stereocenters. The van der Waals surface area contributed by atoms with Crippen molar-refractivity contribution in [3.63, 3.8) is 0 Å². The third-order valence-electron chi connectivity index (χ3n) is 4.52. The highest BCUT2D eigenvalue weighted by Gasteiger charge is 2.31. The standard InChI is InChI=1S/C21H22N2O/c1-21(2)14-23(19-12-17(22)10-11-20(19)24-21)13-16-8-5-7-15-6-3-4-9-18(15)16/h3-12H,13-14,22H2,1-2H3. The van der Waals surface area contributed by atoms with Crippen LogP contribution in [0.25, 0.3) is 10.8 Å². The van der Waals surface area contributed by atoms with E-state index < -0.39 is 0 Å². The molecule has 1 aliphatic rings. The molecule has 122 valence electrons. The lowest BCUT2D eigenvalue weighted by Crippen LogP contribution is -2.46. The van der Waals surface area contributed by atoms with Crippen molar-refractivity contribution in [3.8, 4) is 5.75 Å². The molecule has 2 N–H and O–H groups in total. The van der Waals surface area contributed by atoms with Crippen LogP contribution in [0.15, 0.2) is 60.7 Å². The van der Waals surface area contributed by atoms with Crippen molar-refractivity contribution < 1.29 is 4.74 Å². The van der Waals surface area contributed by atoms with Gasteiger partial charge < -0.3 is 15.4 Å². The van der Waals surface area contributed by atoms with Gasteiger partial charge >= 0.3 is 0 Å². The quantitative estimate of drug-likeness (QED) is 0.702. The predicted molar refractivity (Wildman–Crippen MR) is 101 cm³/mol. The van der Waals surface area contributed by atoms with Gasteiger partial charge in [0.05, 0.1) is 12.2 Å². The Hall–Kier alpha value is -2.68. The SMILES string of the molecule is CC1(C)CN(Cc2cccc3ccccc23)c2cc(N)ccc2O1. The van der Waals surface area contributed by atoms with Gasteiger partial charge in [0.1, 0.15) is 11.4 Å². The van der Waals surface area contributed by atoms with Gasteiger partial charge in [-0.1, -0.05) is 42.5 Å². The molecule has 3 nitrogen and oxygen atoms in total. The Kier molecular flexibility index (Phi) is 3.38. The minimum absolute atomic E-state index is 0.228. The number of fused-ring (bicyclic) bond motifs is 2. The number of hydrogen-bond donors (Lipinski definition) is 1. The Morgan fingerprint density at radius 2 is 1.83 bits per heavy atom. The van der Waals surface area contributed by atoms with E-state index in [4.69, 9.17) is 10.5 Å². The summed E-state index contributed by atoms with van der Waals surface area (Å²) in [6.45, 7) is 5.92. The highest BCUT2D eigenvalue weighted by molar-refractivity contribution is 5.86. The first-order chi connectivity index (χ1) is 11.5. The van der Waals surface area contributed by atoms with Gasteiger partial charge in [-0.05, 0) is 48.4 Å². The first-order valence-corrected chi connectivity index (χ1v) is 8.32. The lowest BCUT2D eigenvalue weighted by Gasteiger charge is -2.41. The van der Waals surface area contributed by atoms with Crippen LogP contribution >= 0.6 is 0 Å². The first kappa shape index (κ1) is 14.9. The van der Waals surface area contributed by atoms with Gasteiger partial charge in [-0.25, -0.2) is 0 Å². The molecule has 0 radical (unpaired) electrons. The van der Waals surface area contributed by atoms with Crippen LogP contribution in [0.5, 0.6) is 5.75 Å². The summed E-state index contributed by atoms with van der Waals surface area (Å²) in [5.41, 5.74) is 8.94. The van der Waals surface area contributed by atoms with Crippen molar-refractivity contribution in [2.24, 2.45) is 0 Å². The number of anilines is 2. The van der Waals surface area contributed by atoms with E-state index in [0.29, 0.717) is 0 Å². The smallest absolute Gasteiger partial charge is 0.143 e. The molecule has 1 aliphatic heterocycles. The number of nitrogen functional groups attached to an aromatic ring is 1. The molecular formula is C21H22N2O. The van der Waals surface area contributed by atoms with Crippen LogP contribution < -0.4 is 15.4 Å². The van der Waals surface area contributed by atoms with Crippen molar-refractivity contribution >= 4 is 22.1 Å².